The number of aryl methyl sites for hydroxylation is 2. The molecule has 1 unspecified atom stereocenters. The minimum Gasteiger partial charge on any atom is -0.490 e. The van der Waals surface area contributed by atoms with Gasteiger partial charge in [0, 0.05) is 23.7 Å². The van der Waals surface area contributed by atoms with Crippen molar-refractivity contribution in [2.75, 3.05) is 13.7 Å². The number of nitrogens with one attached hydrogen (secondary N) is 1. The molecular weight excluding hydrogens is 310 g/mol. The van der Waals surface area contributed by atoms with Crippen LogP contribution in [-0.2, 0) is 6.54 Å². The van der Waals surface area contributed by atoms with Crippen LogP contribution in [0.4, 0.5) is 4.79 Å². The summed E-state index contributed by atoms with van der Waals surface area (Å²) < 4.78 is 5.78. The van der Waals surface area contributed by atoms with Gasteiger partial charge in [-0.15, -0.1) is 11.3 Å². The maximum atomic E-state index is 12.4. The van der Waals surface area contributed by atoms with Gasteiger partial charge in [0.2, 0.25) is 0 Å². The second-order valence-corrected chi connectivity index (χ2v) is 6.92. The van der Waals surface area contributed by atoms with Crippen molar-refractivity contribution in [3.63, 3.8) is 0 Å². The molecule has 3 rings (SSSR count). The van der Waals surface area contributed by atoms with Crippen molar-refractivity contribution >= 4 is 17.4 Å². The smallest absolute Gasteiger partial charge is 0.318 e. The number of hydrogen-bond acceptors (Lipinski definition) is 4. The van der Waals surface area contributed by atoms with Gasteiger partial charge in [0.1, 0.15) is 17.4 Å². The van der Waals surface area contributed by atoms with Crippen LogP contribution in [0.15, 0.2) is 17.5 Å². The monoisotopic (exact) mass is 331 g/mol. The predicted octanol–water partition coefficient (Wildman–Crippen LogP) is 3.34. The molecule has 122 valence electrons. The molecule has 1 aromatic heterocycles. The summed E-state index contributed by atoms with van der Waals surface area (Å²) in [5.74, 6) is 0.911. The van der Waals surface area contributed by atoms with E-state index in [1.807, 2.05) is 18.4 Å². The second kappa shape index (κ2) is 6.20. The molecule has 0 spiro atoms. The molecule has 1 aliphatic heterocycles. The summed E-state index contributed by atoms with van der Waals surface area (Å²) in [7, 11) is 1.78. The molecule has 2 heterocycles. The lowest BCUT2D eigenvalue weighted by Gasteiger charge is -2.19. The van der Waals surface area contributed by atoms with Crippen molar-refractivity contribution in [2.45, 2.75) is 33.4 Å². The molecule has 6 heteroatoms. The van der Waals surface area contributed by atoms with E-state index in [1.54, 1.807) is 23.3 Å². The van der Waals surface area contributed by atoms with E-state index < -0.39 is 0 Å². The van der Waals surface area contributed by atoms with Crippen molar-refractivity contribution in [3.8, 4) is 5.75 Å². The van der Waals surface area contributed by atoms with Crippen LogP contribution in [-0.4, -0.2) is 29.6 Å². The first kappa shape index (κ1) is 15.8. The van der Waals surface area contributed by atoms with E-state index in [1.165, 1.54) is 5.56 Å². The Morgan fingerprint density at radius 1 is 1.43 bits per heavy atom. The van der Waals surface area contributed by atoms with Crippen LogP contribution in [0, 0.1) is 20.8 Å². The maximum absolute atomic E-state index is 12.4. The number of nitrogens with zero attached hydrogens (tertiary/aromatic N) is 2. The number of benzene rings is 1. The summed E-state index contributed by atoms with van der Waals surface area (Å²) in [4.78, 5) is 18.5. The highest BCUT2D eigenvalue weighted by molar-refractivity contribution is 7.09. The highest BCUT2D eigenvalue weighted by Gasteiger charge is 2.28. The summed E-state index contributed by atoms with van der Waals surface area (Å²) in [5.41, 5.74) is 4.39. The van der Waals surface area contributed by atoms with Gasteiger partial charge in [-0.1, -0.05) is 12.1 Å². The summed E-state index contributed by atoms with van der Waals surface area (Å²) in [6.45, 7) is 7.06. The highest BCUT2D eigenvalue weighted by Crippen LogP contribution is 2.36. The Morgan fingerprint density at radius 2 is 2.22 bits per heavy atom. The number of urea groups is 1. The number of rotatable bonds is 3. The summed E-state index contributed by atoms with van der Waals surface area (Å²) in [6.07, 6.45) is 0. The molecule has 0 saturated heterocycles. The summed E-state index contributed by atoms with van der Waals surface area (Å²) >= 11 is 1.57. The molecule has 1 N–H and O–H groups in total. The van der Waals surface area contributed by atoms with Crippen LogP contribution in [0.3, 0.4) is 0 Å². The molecule has 1 aliphatic rings. The maximum Gasteiger partial charge on any atom is 0.318 e. The largest absolute Gasteiger partial charge is 0.490 e. The lowest BCUT2D eigenvalue weighted by Crippen LogP contribution is -2.39. The quantitative estimate of drug-likeness (QED) is 0.938. The minimum absolute atomic E-state index is 0.0997. The third kappa shape index (κ3) is 3.17. The zero-order valence-electron chi connectivity index (χ0n) is 13.8. The van der Waals surface area contributed by atoms with Crippen LogP contribution in [0.25, 0.3) is 0 Å². The number of thiazole rings is 1. The zero-order valence-corrected chi connectivity index (χ0v) is 14.7. The number of hydrogen-bond donors (Lipinski definition) is 1. The summed E-state index contributed by atoms with van der Waals surface area (Å²) in [6, 6.07) is 3.90. The van der Waals surface area contributed by atoms with Gasteiger partial charge in [-0.05, 0) is 31.9 Å². The molecule has 0 saturated carbocycles. The van der Waals surface area contributed by atoms with Crippen molar-refractivity contribution in [3.05, 3.63) is 44.9 Å². The van der Waals surface area contributed by atoms with Crippen LogP contribution in [0.5, 0.6) is 5.75 Å². The van der Waals surface area contributed by atoms with E-state index in [2.05, 4.69) is 30.2 Å². The zero-order chi connectivity index (χ0) is 16.6. The Hall–Kier alpha value is -2.08. The fourth-order valence-electron chi connectivity index (χ4n) is 2.66. The van der Waals surface area contributed by atoms with Gasteiger partial charge in [0.05, 0.1) is 12.6 Å². The molecule has 5 nitrogen and oxygen atoms in total. The van der Waals surface area contributed by atoms with Gasteiger partial charge in [0.15, 0.2) is 0 Å². The molecule has 23 heavy (non-hydrogen) atoms. The average molecular weight is 331 g/mol. The van der Waals surface area contributed by atoms with Crippen LogP contribution in [0.2, 0.25) is 0 Å². The Bertz CT molecular complexity index is 741. The number of ether oxygens (including phenoxy) is 1. The average Bonchev–Trinajstić information content (AvgIpc) is 3.10. The number of amides is 2. The lowest BCUT2D eigenvalue weighted by molar-refractivity contribution is 0.199. The first-order chi connectivity index (χ1) is 11.0. The topological polar surface area (TPSA) is 54.5 Å². The molecule has 2 aromatic rings. The molecule has 0 aliphatic carbocycles. The Morgan fingerprint density at radius 3 is 2.91 bits per heavy atom. The molecule has 2 amide bonds. The SMILES string of the molecule is Cc1csc(CN(C)C(=O)NC2COc3c2ccc(C)c3C)n1. The number of carbonyl (C=O) groups excluding carboxylic acids is 1. The summed E-state index contributed by atoms with van der Waals surface area (Å²) in [5, 5.41) is 5.98. The number of aromatic nitrogens is 1. The Labute approximate surface area is 140 Å². The van der Waals surface area contributed by atoms with Crippen molar-refractivity contribution < 1.29 is 9.53 Å². The van der Waals surface area contributed by atoms with E-state index >= 15 is 0 Å². The van der Waals surface area contributed by atoms with E-state index in [0.717, 1.165) is 27.6 Å². The fourth-order valence-corrected chi connectivity index (χ4v) is 3.49. The molecule has 1 atom stereocenters. The van der Waals surface area contributed by atoms with Crippen molar-refractivity contribution in [1.29, 1.82) is 0 Å². The molecule has 0 radical (unpaired) electrons. The van der Waals surface area contributed by atoms with Crippen LogP contribution in [0.1, 0.15) is 33.4 Å². The standard InChI is InChI=1S/C17H21N3O2S/c1-10-5-6-13-14(8-22-16(13)12(10)3)19-17(21)20(4)7-15-18-11(2)9-23-15/h5-6,9,14H,7-8H2,1-4H3,(H,19,21). The van der Waals surface area contributed by atoms with Gasteiger partial charge < -0.3 is 15.0 Å². The van der Waals surface area contributed by atoms with Crippen molar-refractivity contribution in [2.24, 2.45) is 0 Å². The Kier molecular flexibility index (Phi) is 4.26. The molecule has 0 fully saturated rings. The number of carbonyl (C=O) groups is 1. The van der Waals surface area contributed by atoms with Gasteiger partial charge in [-0.2, -0.15) is 0 Å². The van der Waals surface area contributed by atoms with Gasteiger partial charge in [0.25, 0.3) is 0 Å². The first-order valence-corrected chi connectivity index (χ1v) is 8.49. The van der Waals surface area contributed by atoms with Crippen molar-refractivity contribution in [1.82, 2.24) is 15.2 Å². The van der Waals surface area contributed by atoms with E-state index in [4.69, 9.17) is 4.74 Å². The third-order valence-corrected chi connectivity index (χ3v) is 5.11. The fraction of sp³-hybridized carbons (Fsp3) is 0.412. The highest BCUT2D eigenvalue weighted by atomic mass is 32.1. The predicted molar refractivity (Wildman–Crippen MR) is 91.0 cm³/mol. The van der Waals surface area contributed by atoms with E-state index in [0.29, 0.717) is 13.2 Å². The number of fused-ring (bicyclic) bond motifs is 1. The minimum atomic E-state index is -0.113. The normalized spacial score (nSPS) is 15.9. The van der Waals surface area contributed by atoms with Crippen LogP contribution < -0.4 is 10.1 Å². The van der Waals surface area contributed by atoms with Gasteiger partial charge >= 0.3 is 6.03 Å². The first-order valence-electron chi connectivity index (χ1n) is 7.61. The molecule has 0 bridgehead atoms. The third-order valence-electron chi connectivity index (χ3n) is 4.16. The van der Waals surface area contributed by atoms with Gasteiger partial charge in [-0.3, -0.25) is 0 Å². The Balaban J connectivity index is 1.67. The van der Waals surface area contributed by atoms with E-state index in [-0.39, 0.29) is 12.1 Å². The van der Waals surface area contributed by atoms with Gasteiger partial charge in [-0.25, -0.2) is 9.78 Å². The molecule has 1 aromatic carbocycles. The lowest BCUT2D eigenvalue weighted by atomic mass is 10.0. The second-order valence-electron chi connectivity index (χ2n) is 5.98. The van der Waals surface area contributed by atoms with E-state index in [9.17, 15) is 4.79 Å². The van der Waals surface area contributed by atoms with Crippen LogP contribution >= 0.6 is 11.3 Å². The molecular formula is C17H21N3O2S.